The zero-order valence-corrected chi connectivity index (χ0v) is 10.3. The van der Waals surface area contributed by atoms with E-state index < -0.39 is 5.82 Å². The van der Waals surface area contributed by atoms with Crippen molar-refractivity contribution in [1.29, 1.82) is 5.26 Å². The van der Waals surface area contributed by atoms with E-state index in [2.05, 4.69) is 0 Å². The first-order valence-corrected chi connectivity index (χ1v) is 5.63. The molecule has 2 rings (SSSR count). The van der Waals surface area contributed by atoms with Gasteiger partial charge in [-0.15, -0.1) is 0 Å². The van der Waals surface area contributed by atoms with Crippen molar-refractivity contribution in [3.63, 3.8) is 0 Å². The number of nitriles is 1. The largest absolute Gasteiger partial charge is 0.453 e. The fourth-order valence-corrected chi connectivity index (χ4v) is 1.71. The number of hydrogen-bond donors (Lipinski definition) is 0. The highest BCUT2D eigenvalue weighted by Crippen LogP contribution is 2.32. The summed E-state index contributed by atoms with van der Waals surface area (Å²) in [5.41, 5.74) is 1.11. The second kappa shape index (κ2) is 5.07. The van der Waals surface area contributed by atoms with Gasteiger partial charge >= 0.3 is 0 Å². The van der Waals surface area contributed by atoms with Gasteiger partial charge in [-0.3, -0.25) is 0 Å². The summed E-state index contributed by atoms with van der Waals surface area (Å²) in [4.78, 5) is 0. The molecule has 2 aromatic carbocycles. The van der Waals surface area contributed by atoms with Gasteiger partial charge in [-0.05, 0) is 30.7 Å². The highest BCUT2D eigenvalue weighted by molar-refractivity contribution is 6.30. The minimum absolute atomic E-state index is 0.00769. The molecule has 4 heteroatoms. The van der Waals surface area contributed by atoms with Crippen LogP contribution in [0.15, 0.2) is 36.4 Å². The van der Waals surface area contributed by atoms with E-state index in [1.807, 2.05) is 6.07 Å². The molecule has 18 heavy (non-hydrogen) atoms. The molecule has 90 valence electrons. The van der Waals surface area contributed by atoms with Gasteiger partial charge in [-0.25, -0.2) is 4.39 Å². The Morgan fingerprint density at radius 1 is 1.22 bits per heavy atom. The summed E-state index contributed by atoms with van der Waals surface area (Å²) >= 11 is 5.67. The molecule has 2 nitrogen and oxygen atoms in total. The van der Waals surface area contributed by atoms with Crippen LogP contribution in [0, 0.1) is 24.1 Å². The minimum atomic E-state index is -0.633. The second-order valence-electron chi connectivity index (χ2n) is 3.72. The van der Waals surface area contributed by atoms with Crippen LogP contribution in [0.5, 0.6) is 11.5 Å². The van der Waals surface area contributed by atoms with Gasteiger partial charge in [-0.1, -0.05) is 29.8 Å². The molecule has 0 amide bonds. The van der Waals surface area contributed by atoms with Crippen LogP contribution in [-0.2, 0) is 0 Å². The Morgan fingerprint density at radius 2 is 1.94 bits per heavy atom. The number of benzene rings is 2. The summed E-state index contributed by atoms with van der Waals surface area (Å²) in [6.45, 7) is 1.79. The molecule has 0 unspecified atom stereocenters. The highest BCUT2D eigenvalue weighted by Gasteiger charge is 2.12. The first-order valence-electron chi connectivity index (χ1n) is 5.25. The molecule has 0 radical (unpaired) electrons. The van der Waals surface area contributed by atoms with Gasteiger partial charge in [0, 0.05) is 0 Å². The summed E-state index contributed by atoms with van der Waals surface area (Å²) in [5.74, 6) is -0.277. The number of ether oxygens (including phenoxy) is 1. The third kappa shape index (κ3) is 2.29. The molecule has 0 bridgehead atoms. The Morgan fingerprint density at radius 3 is 2.67 bits per heavy atom. The maximum atomic E-state index is 13.7. The predicted molar refractivity (Wildman–Crippen MR) is 67.4 cm³/mol. The van der Waals surface area contributed by atoms with Crippen molar-refractivity contribution in [1.82, 2.24) is 0 Å². The Labute approximate surface area is 109 Å². The van der Waals surface area contributed by atoms with E-state index in [1.165, 1.54) is 12.1 Å². The molecule has 0 fully saturated rings. The summed E-state index contributed by atoms with van der Waals surface area (Å²) in [7, 11) is 0. The molecule has 0 heterocycles. The van der Waals surface area contributed by atoms with Gasteiger partial charge in [0.15, 0.2) is 11.6 Å². The number of nitrogens with zero attached hydrogens (tertiary/aromatic N) is 1. The quantitative estimate of drug-likeness (QED) is 0.800. The van der Waals surface area contributed by atoms with Crippen LogP contribution < -0.4 is 4.74 Å². The van der Waals surface area contributed by atoms with Crippen LogP contribution in [0.4, 0.5) is 4.39 Å². The van der Waals surface area contributed by atoms with Gasteiger partial charge in [0.1, 0.15) is 11.8 Å². The zero-order chi connectivity index (χ0) is 13.1. The standard InChI is InChI=1S/C14H9ClFNO/c1-9-4-2-5-10(8-17)14(9)18-12-7-3-6-11(15)13(12)16/h2-7H,1H3. The molecule has 0 spiro atoms. The number of para-hydroxylation sites is 1. The number of aryl methyl sites for hydroxylation is 1. The maximum absolute atomic E-state index is 13.7. The SMILES string of the molecule is Cc1cccc(C#N)c1Oc1cccc(Cl)c1F. The van der Waals surface area contributed by atoms with Crippen molar-refractivity contribution in [3.8, 4) is 17.6 Å². The van der Waals surface area contributed by atoms with Gasteiger partial charge in [-0.2, -0.15) is 5.26 Å². The first-order chi connectivity index (χ1) is 8.63. The van der Waals surface area contributed by atoms with E-state index in [4.69, 9.17) is 21.6 Å². The fraction of sp³-hybridized carbons (Fsp3) is 0.0714. The molecule has 0 aromatic heterocycles. The molecular weight excluding hydrogens is 253 g/mol. The Hall–Kier alpha value is -2.05. The zero-order valence-electron chi connectivity index (χ0n) is 9.58. The van der Waals surface area contributed by atoms with Gasteiger partial charge in [0.25, 0.3) is 0 Å². The van der Waals surface area contributed by atoms with E-state index in [9.17, 15) is 4.39 Å². The second-order valence-corrected chi connectivity index (χ2v) is 4.12. The normalized spacial score (nSPS) is 9.89. The Bertz CT molecular complexity index is 634. The third-order valence-electron chi connectivity index (χ3n) is 2.46. The van der Waals surface area contributed by atoms with Crippen LogP contribution in [-0.4, -0.2) is 0 Å². The molecule has 0 aliphatic heterocycles. The molecule has 0 saturated carbocycles. The van der Waals surface area contributed by atoms with E-state index in [-0.39, 0.29) is 10.8 Å². The third-order valence-corrected chi connectivity index (χ3v) is 2.75. The number of halogens is 2. The van der Waals surface area contributed by atoms with E-state index >= 15 is 0 Å². The average Bonchev–Trinajstić information content (AvgIpc) is 2.37. The number of rotatable bonds is 2. The van der Waals surface area contributed by atoms with Crippen LogP contribution >= 0.6 is 11.6 Å². The van der Waals surface area contributed by atoms with E-state index in [0.29, 0.717) is 11.3 Å². The van der Waals surface area contributed by atoms with Crippen molar-refractivity contribution < 1.29 is 9.13 Å². The monoisotopic (exact) mass is 261 g/mol. The van der Waals surface area contributed by atoms with Crippen LogP contribution in [0.25, 0.3) is 0 Å². The summed E-state index contributed by atoms with van der Waals surface area (Å²) in [6, 6.07) is 11.7. The fourth-order valence-electron chi connectivity index (χ4n) is 1.55. The van der Waals surface area contributed by atoms with Crippen molar-refractivity contribution in [3.05, 3.63) is 58.4 Å². The Kier molecular flexibility index (Phi) is 3.50. The molecular formula is C14H9ClFNO. The van der Waals surface area contributed by atoms with Crippen molar-refractivity contribution in [2.75, 3.05) is 0 Å². The van der Waals surface area contributed by atoms with Crippen molar-refractivity contribution >= 4 is 11.6 Å². The van der Waals surface area contributed by atoms with Gasteiger partial charge in [0.05, 0.1) is 10.6 Å². The smallest absolute Gasteiger partial charge is 0.184 e. The van der Waals surface area contributed by atoms with E-state index in [0.717, 1.165) is 5.56 Å². The van der Waals surface area contributed by atoms with Crippen molar-refractivity contribution in [2.45, 2.75) is 6.92 Å². The molecule has 0 aliphatic carbocycles. The van der Waals surface area contributed by atoms with Gasteiger partial charge in [0.2, 0.25) is 0 Å². The lowest BCUT2D eigenvalue weighted by atomic mass is 10.1. The van der Waals surface area contributed by atoms with Crippen LogP contribution in [0.3, 0.4) is 0 Å². The lowest BCUT2D eigenvalue weighted by Crippen LogP contribution is -1.94. The first kappa shape index (κ1) is 12.4. The maximum Gasteiger partial charge on any atom is 0.184 e. The Balaban J connectivity index is 2.47. The molecule has 0 saturated heterocycles. The van der Waals surface area contributed by atoms with Crippen molar-refractivity contribution in [2.24, 2.45) is 0 Å². The highest BCUT2D eigenvalue weighted by atomic mass is 35.5. The molecule has 0 aliphatic rings. The summed E-state index contributed by atoms with van der Waals surface area (Å²) in [6.07, 6.45) is 0. The summed E-state index contributed by atoms with van der Waals surface area (Å²) in [5, 5.41) is 8.98. The lowest BCUT2D eigenvalue weighted by molar-refractivity contribution is 0.438. The predicted octanol–water partition coefficient (Wildman–Crippen LogP) is 4.45. The van der Waals surface area contributed by atoms with Crippen LogP contribution in [0.2, 0.25) is 5.02 Å². The molecule has 0 atom stereocenters. The van der Waals surface area contributed by atoms with E-state index in [1.54, 1.807) is 31.2 Å². The van der Waals surface area contributed by atoms with Crippen LogP contribution in [0.1, 0.15) is 11.1 Å². The average molecular weight is 262 g/mol. The number of hydrogen-bond acceptors (Lipinski definition) is 2. The van der Waals surface area contributed by atoms with Gasteiger partial charge < -0.3 is 4.74 Å². The minimum Gasteiger partial charge on any atom is -0.453 e. The lowest BCUT2D eigenvalue weighted by Gasteiger charge is -2.11. The summed E-state index contributed by atoms with van der Waals surface area (Å²) < 4.78 is 19.2. The topological polar surface area (TPSA) is 33.0 Å². The molecule has 2 aromatic rings. The molecule has 0 N–H and O–H groups in total.